The van der Waals surface area contributed by atoms with Crippen molar-refractivity contribution in [2.45, 2.75) is 38.8 Å². The molecule has 0 N–H and O–H groups in total. The number of likely N-dealkylation sites (tertiary alicyclic amines) is 1. The quantitative estimate of drug-likeness (QED) is 0.820. The minimum absolute atomic E-state index is 0.134. The molecule has 2 aliphatic heterocycles. The normalized spacial score (nSPS) is 18.9. The fourth-order valence-corrected chi connectivity index (χ4v) is 3.60. The van der Waals surface area contributed by atoms with E-state index in [1.807, 2.05) is 26.0 Å². The highest BCUT2D eigenvalue weighted by molar-refractivity contribution is 5.37. The van der Waals surface area contributed by atoms with Crippen molar-refractivity contribution >= 4 is 0 Å². The summed E-state index contributed by atoms with van der Waals surface area (Å²) < 4.78 is 31.5. The number of pyridine rings is 2. The van der Waals surface area contributed by atoms with Gasteiger partial charge >= 0.3 is 0 Å². The Bertz CT molecular complexity index is 809. The number of ether oxygens (including phenoxy) is 3. The van der Waals surface area contributed by atoms with Crippen LogP contribution in [0.25, 0.3) is 0 Å². The summed E-state index contributed by atoms with van der Waals surface area (Å²) in [5.41, 5.74) is 1.35. The van der Waals surface area contributed by atoms with E-state index in [4.69, 9.17) is 14.2 Å². The summed E-state index contributed by atoms with van der Waals surface area (Å²) in [6, 6.07) is 5.08. The Morgan fingerprint density at radius 3 is 2.78 bits per heavy atom. The second-order valence-corrected chi connectivity index (χ2v) is 7.02. The zero-order valence-corrected chi connectivity index (χ0v) is 15.7. The number of piperidine rings is 1. The van der Waals surface area contributed by atoms with Gasteiger partial charge < -0.3 is 14.2 Å². The van der Waals surface area contributed by atoms with Gasteiger partial charge in [-0.25, -0.2) is 9.37 Å². The average Bonchev–Trinajstić information content (AvgIpc) is 2.67. The van der Waals surface area contributed by atoms with Gasteiger partial charge in [-0.2, -0.15) is 0 Å². The van der Waals surface area contributed by atoms with Gasteiger partial charge in [-0.05, 0) is 32.8 Å². The first-order valence-corrected chi connectivity index (χ1v) is 9.39. The van der Waals surface area contributed by atoms with Gasteiger partial charge in [0.25, 0.3) is 5.88 Å². The van der Waals surface area contributed by atoms with Gasteiger partial charge in [-0.3, -0.25) is 9.88 Å². The lowest BCUT2D eigenvalue weighted by atomic mass is 10.0. The molecule has 1 fully saturated rings. The number of aromatic nitrogens is 2. The molecule has 0 bridgehead atoms. The first-order valence-electron chi connectivity index (χ1n) is 9.39. The summed E-state index contributed by atoms with van der Waals surface area (Å²) in [5, 5.41) is 0. The van der Waals surface area contributed by atoms with Crippen LogP contribution in [0.4, 0.5) is 4.39 Å². The van der Waals surface area contributed by atoms with E-state index >= 15 is 0 Å². The number of rotatable bonds is 4. The lowest BCUT2D eigenvalue weighted by molar-refractivity contribution is 0.0768. The minimum atomic E-state index is -0.350. The van der Waals surface area contributed by atoms with Crippen molar-refractivity contribution < 1.29 is 18.6 Å². The van der Waals surface area contributed by atoms with Crippen LogP contribution in [-0.4, -0.2) is 47.3 Å². The van der Waals surface area contributed by atoms with Gasteiger partial charge in [0.15, 0.2) is 5.75 Å². The van der Waals surface area contributed by atoms with Crippen LogP contribution in [0.5, 0.6) is 17.4 Å². The molecule has 2 aromatic rings. The van der Waals surface area contributed by atoms with Crippen molar-refractivity contribution in [3.8, 4) is 17.4 Å². The standard InChI is InChI=1S/C20H24FN3O3/c1-13-11-16(3-6-22-13)27-15-4-7-24(8-5-15)14(2)19-17(21)12-18-20(23-19)26-10-9-25-18/h3,6,11-12,14-15H,4-5,7-10H2,1-2H3. The molecule has 2 aromatic heterocycles. The molecule has 0 radical (unpaired) electrons. The topological polar surface area (TPSA) is 56.7 Å². The number of hydrogen-bond acceptors (Lipinski definition) is 6. The molecule has 7 heteroatoms. The Labute approximate surface area is 158 Å². The lowest BCUT2D eigenvalue weighted by Gasteiger charge is -2.36. The maximum absolute atomic E-state index is 14.5. The van der Waals surface area contributed by atoms with Crippen LogP contribution in [0.15, 0.2) is 24.4 Å². The molecular formula is C20H24FN3O3. The van der Waals surface area contributed by atoms with E-state index in [0.29, 0.717) is 30.5 Å². The van der Waals surface area contributed by atoms with Crippen LogP contribution >= 0.6 is 0 Å². The molecule has 6 nitrogen and oxygen atoms in total. The van der Waals surface area contributed by atoms with E-state index in [0.717, 1.165) is 37.4 Å². The Morgan fingerprint density at radius 2 is 2.00 bits per heavy atom. The molecule has 0 aromatic carbocycles. The van der Waals surface area contributed by atoms with Crippen molar-refractivity contribution in [2.75, 3.05) is 26.3 Å². The van der Waals surface area contributed by atoms with Crippen LogP contribution in [0.3, 0.4) is 0 Å². The Hall–Kier alpha value is -2.41. The molecule has 4 heterocycles. The number of hydrogen-bond donors (Lipinski definition) is 0. The van der Waals surface area contributed by atoms with Crippen molar-refractivity contribution in [1.82, 2.24) is 14.9 Å². The van der Waals surface area contributed by atoms with Gasteiger partial charge in [-0.1, -0.05) is 0 Å². The summed E-state index contributed by atoms with van der Waals surface area (Å²) in [5.74, 6) is 1.27. The van der Waals surface area contributed by atoms with Crippen molar-refractivity contribution in [2.24, 2.45) is 0 Å². The van der Waals surface area contributed by atoms with E-state index in [1.165, 1.54) is 6.07 Å². The number of nitrogens with zero attached hydrogens (tertiary/aromatic N) is 3. The maximum Gasteiger partial charge on any atom is 0.257 e. The predicted molar refractivity (Wildman–Crippen MR) is 97.8 cm³/mol. The molecule has 4 rings (SSSR count). The van der Waals surface area contributed by atoms with Crippen LogP contribution in [0.1, 0.15) is 37.2 Å². The van der Waals surface area contributed by atoms with Crippen LogP contribution in [-0.2, 0) is 0 Å². The Morgan fingerprint density at radius 1 is 1.22 bits per heavy atom. The highest BCUT2D eigenvalue weighted by Crippen LogP contribution is 2.34. The van der Waals surface area contributed by atoms with Crippen molar-refractivity contribution in [3.63, 3.8) is 0 Å². The number of fused-ring (bicyclic) bond motifs is 1. The van der Waals surface area contributed by atoms with Crippen LogP contribution in [0, 0.1) is 12.7 Å². The summed E-state index contributed by atoms with van der Waals surface area (Å²) in [4.78, 5) is 10.8. The third-order valence-corrected chi connectivity index (χ3v) is 5.11. The molecule has 1 unspecified atom stereocenters. The average molecular weight is 373 g/mol. The molecule has 0 spiro atoms. The van der Waals surface area contributed by atoms with Crippen molar-refractivity contribution in [3.05, 3.63) is 41.6 Å². The summed E-state index contributed by atoms with van der Waals surface area (Å²) in [7, 11) is 0. The van der Waals surface area contributed by atoms with Gasteiger partial charge in [0.1, 0.15) is 30.9 Å². The van der Waals surface area contributed by atoms with Gasteiger partial charge in [-0.15, -0.1) is 0 Å². The summed E-state index contributed by atoms with van der Waals surface area (Å²) in [6.45, 7) is 6.45. The van der Waals surface area contributed by atoms with Crippen LogP contribution < -0.4 is 14.2 Å². The maximum atomic E-state index is 14.5. The molecule has 2 aliphatic rings. The molecular weight excluding hydrogens is 349 g/mol. The second kappa shape index (κ2) is 7.68. The molecule has 1 atom stereocenters. The minimum Gasteiger partial charge on any atom is -0.490 e. The van der Waals surface area contributed by atoms with Crippen LogP contribution in [0.2, 0.25) is 0 Å². The number of aryl methyl sites for hydroxylation is 1. The van der Waals surface area contributed by atoms with E-state index in [1.54, 1.807) is 6.20 Å². The molecule has 0 amide bonds. The second-order valence-electron chi connectivity index (χ2n) is 7.02. The van der Waals surface area contributed by atoms with Gasteiger partial charge in [0.05, 0.1) is 11.7 Å². The van der Waals surface area contributed by atoms with E-state index in [2.05, 4.69) is 14.9 Å². The van der Waals surface area contributed by atoms with Gasteiger partial charge in [0, 0.05) is 37.1 Å². The largest absolute Gasteiger partial charge is 0.490 e. The molecule has 0 aliphatic carbocycles. The fourth-order valence-electron chi connectivity index (χ4n) is 3.60. The Kier molecular flexibility index (Phi) is 5.11. The molecule has 1 saturated heterocycles. The van der Waals surface area contributed by atoms with E-state index < -0.39 is 0 Å². The van der Waals surface area contributed by atoms with E-state index in [9.17, 15) is 4.39 Å². The highest BCUT2D eigenvalue weighted by atomic mass is 19.1. The number of halogens is 1. The lowest BCUT2D eigenvalue weighted by Crippen LogP contribution is -2.40. The summed E-state index contributed by atoms with van der Waals surface area (Å²) >= 11 is 0. The predicted octanol–water partition coefficient (Wildman–Crippen LogP) is 3.30. The van der Waals surface area contributed by atoms with E-state index in [-0.39, 0.29) is 18.0 Å². The zero-order chi connectivity index (χ0) is 18.8. The molecule has 0 saturated carbocycles. The highest BCUT2D eigenvalue weighted by Gasteiger charge is 2.28. The SMILES string of the molecule is Cc1cc(OC2CCN(C(C)c3nc4c(cc3F)OCCO4)CC2)ccn1. The Balaban J connectivity index is 1.39. The molecule has 27 heavy (non-hydrogen) atoms. The smallest absolute Gasteiger partial charge is 0.257 e. The fraction of sp³-hybridized carbons (Fsp3) is 0.500. The third kappa shape index (κ3) is 3.98. The molecule has 144 valence electrons. The zero-order valence-electron chi connectivity index (χ0n) is 15.7. The first-order chi connectivity index (χ1) is 13.1. The summed E-state index contributed by atoms with van der Waals surface area (Å²) in [6.07, 6.45) is 3.70. The monoisotopic (exact) mass is 373 g/mol. The first kappa shape index (κ1) is 18.0. The van der Waals surface area contributed by atoms with Crippen molar-refractivity contribution in [1.29, 1.82) is 0 Å². The van der Waals surface area contributed by atoms with Gasteiger partial charge in [0.2, 0.25) is 0 Å². The third-order valence-electron chi connectivity index (χ3n) is 5.11.